The zero-order valence-corrected chi connectivity index (χ0v) is 17.4. The van der Waals surface area contributed by atoms with Crippen molar-refractivity contribution in [2.75, 3.05) is 18.4 Å². The minimum atomic E-state index is -3.66. The highest BCUT2D eigenvalue weighted by Gasteiger charge is 2.32. The molecule has 2 aromatic rings. The van der Waals surface area contributed by atoms with Crippen LogP contribution in [-0.4, -0.2) is 50.2 Å². The van der Waals surface area contributed by atoms with Gasteiger partial charge in [-0.05, 0) is 62.1 Å². The van der Waals surface area contributed by atoms with E-state index in [1.54, 1.807) is 48.5 Å². The number of sulfonamides is 1. The Bertz CT molecular complexity index is 1100. The highest BCUT2D eigenvalue weighted by Crippen LogP contribution is 2.29. The van der Waals surface area contributed by atoms with E-state index in [4.69, 9.17) is 0 Å². The molecule has 8 heteroatoms. The molecule has 156 valence electrons. The molecule has 2 aliphatic heterocycles. The van der Waals surface area contributed by atoms with Gasteiger partial charge in [0.25, 0.3) is 15.9 Å². The van der Waals surface area contributed by atoms with Gasteiger partial charge in [-0.2, -0.15) is 8.42 Å². The molecule has 1 saturated carbocycles. The molecule has 3 aliphatic rings. The van der Waals surface area contributed by atoms with Gasteiger partial charge < -0.3 is 15.5 Å². The predicted molar refractivity (Wildman–Crippen MR) is 115 cm³/mol. The lowest BCUT2D eigenvalue weighted by molar-refractivity contribution is 0.0909. The second-order valence-electron chi connectivity index (χ2n) is 8.13. The van der Waals surface area contributed by atoms with Gasteiger partial charge in [0, 0.05) is 42.0 Å². The van der Waals surface area contributed by atoms with E-state index in [0.29, 0.717) is 22.6 Å². The Hall–Kier alpha value is -2.71. The van der Waals surface area contributed by atoms with Gasteiger partial charge in [-0.3, -0.25) is 4.79 Å². The number of hydrogen-bond acceptors (Lipinski definition) is 5. The fourth-order valence-corrected chi connectivity index (χ4v) is 5.33. The Labute approximate surface area is 176 Å². The van der Waals surface area contributed by atoms with Crippen molar-refractivity contribution < 1.29 is 13.2 Å². The summed E-state index contributed by atoms with van der Waals surface area (Å²) in [5.74, 6) is 0.225. The molecule has 0 radical (unpaired) electrons. The summed E-state index contributed by atoms with van der Waals surface area (Å²) < 4.78 is 28.2. The molecule has 0 aromatic heterocycles. The van der Waals surface area contributed by atoms with Gasteiger partial charge in [-0.15, -0.1) is 4.40 Å². The molecule has 2 heterocycles. The van der Waals surface area contributed by atoms with Crippen molar-refractivity contribution in [2.45, 2.75) is 42.7 Å². The topological polar surface area (TPSA) is 90.9 Å². The average Bonchev–Trinajstić information content (AvgIpc) is 3.56. The summed E-state index contributed by atoms with van der Waals surface area (Å²) in [5.41, 5.74) is 1.82. The molecular formula is C22H24N4O3S. The third-order valence-electron chi connectivity index (χ3n) is 5.97. The molecule has 1 amide bonds. The van der Waals surface area contributed by atoms with Crippen LogP contribution in [0.4, 0.5) is 5.69 Å². The summed E-state index contributed by atoms with van der Waals surface area (Å²) in [6.45, 7) is 2.12. The highest BCUT2D eigenvalue weighted by atomic mass is 32.2. The third kappa shape index (κ3) is 3.85. The van der Waals surface area contributed by atoms with Crippen LogP contribution in [0, 0.1) is 0 Å². The smallest absolute Gasteiger partial charge is 0.285 e. The quantitative estimate of drug-likeness (QED) is 0.787. The summed E-state index contributed by atoms with van der Waals surface area (Å²) in [7, 11) is -3.66. The molecule has 7 nitrogen and oxygen atoms in total. The van der Waals surface area contributed by atoms with Crippen LogP contribution < -0.4 is 10.6 Å². The summed E-state index contributed by atoms with van der Waals surface area (Å²) >= 11 is 0. The number of nitrogens with one attached hydrogen (secondary N) is 2. The first-order valence-electron chi connectivity index (χ1n) is 10.4. The summed E-state index contributed by atoms with van der Waals surface area (Å²) in [6, 6.07) is 14.7. The molecular weight excluding hydrogens is 400 g/mol. The zero-order chi connectivity index (χ0) is 20.7. The molecule has 2 N–H and O–H groups in total. The van der Waals surface area contributed by atoms with Crippen LogP contribution >= 0.6 is 0 Å². The van der Waals surface area contributed by atoms with Crippen molar-refractivity contribution in [1.82, 2.24) is 10.2 Å². The van der Waals surface area contributed by atoms with Crippen LogP contribution in [0.3, 0.4) is 0 Å². The van der Waals surface area contributed by atoms with E-state index in [0.717, 1.165) is 32.0 Å². The van der Waals surface area contributed by atoms with E-state index in [2.05, 4.69) is 19.9 Å². The number of anilines is 1. The number of carbonyl (C=O) groups is 1. The largest absolute Gasteiger partial charge is 0.349 e. The zero-order valence-electron chi connectivity index (χ0n) is 16.5. The van der Waals surface area contributed by atoms with Crippen LogP contribution in [0.25, 0.3) is 0 Å². The second kappa shape index (κ2) is 7.52. The highest BCUT2D eigenvalue weighted by molar-refractivity contribution is 7.90. The van der Waals surface area contributed by atoms with Gasteiger partial charge >= 0.3 is 0 Å². The molecule has 1 saturated heterocycles. The maximum atomic E-state index is 12.6. The number of nitrogens with zero attached hydrogens (tertiary/aromatic N) is 2. The van der Waals surface area contributed by atoms with E-state index >= 15 is 0 Å². The fraction of sp³-hybridized carbons (Fsp3) is 0.364. The Morgan fingerprint density at radius 2 is 1.67 bits per heavy atom. The number of carbonyl (C=O) groups excluding carboxylic acids is 1. The van der Waals surface area contributed by atoms with Crippen LogP contribution in [0.2, 0.25) is 0 Å². The first kappa shape index (κ1) is 19.3. The Morgan fingerprint density at radius 3 is 2.37 bits per heavy atom. The number of hydrogen-bond donors (Lipinski definition) is 2. The predicted octanol–water partition coefficient (Wildman–Crippen LogP) is 2.60. The van der Waals surface area contributed by atoms with Crippen LogP contribution in [0.15, 0.2) is 57.8 Å². The number of fused-ring (bicyclic) bond motifs is 1. The van der Waals surface area contributed by atoms with Crippen LogP contribution in [0.1, 0.15) is 41.6 Å². The molecule has 30 heavy (non-hydrogen) atoms. The number of rotatable bonds is 4. The van der Waals surface area contributed by atoms with Crippen LogP contribution in [0.5, 0.6) is 0 Å². The molecule has 2 aromatic carbocycles. The molecule has 0 unspecified atom stereocenters. The Balaban J connectivity index is 1.21. The maximum Gasteiger partial charge on any atom is 0.285 e. The van der Waals surface area contributed by atoms with Gasteiger partial charge in [0.05, 0.1) is 0 Å². The first-order chi connectivity index (χ1) is 14.5. The monoisotopic (exact) mass is 424 g/mol. The lowest BCUT2D eigenvalue weighted by Crippen LogP contribution is -2.45. The third-order valence-corrected chi connectivity index (χ3v) is 7.30. The van der Waals surface area contributed by atoms with E-state index < -0.39 is 10.0 Å². The van der Waals surface area contributed by atoms with E-state index in [9.17, 15) is 13.2 Å². The number of amidine groups is 1. The van der Waals surface area contributed by atoms with Gasteiger partial charge in [0.15, 0.2) is 5.84 Å². The average molecular weight is 425 g/mol. The van der Waals surface area contributed by atoms with Gasteiger partial charge in [-0.25, -0.2) is 0 Å². The normalized spacial score (nSPS) is 21.0. The number of benzene rings is 2. The maximum absolute atomic E-state index is 12.6. The molecule has 0 atom stereocenters. The lowest BCUT2D eigenvalue weighted by atomic mass is 10.0. The van der Waals surface area contributed by atoms with E-state index in [1.165, 1.54) is 12.8 Å². The van der Waals surface area contributed by atoms with E-state index in [-0.39, 0.29) is 16.8 Å². The van der Waals surface area contributed by atoms with Crippen molar-refractivity contribution >= 4 is 27.5 Å². The minimum Gasteiger partial charge on any atom is -0.349 e. The summed E-state index contributed by atoms with van der Waals surface area (Å²) in [5, 5.41) is 6.20. The number of amides is 1. The number of piperidine rings is 1. The standard InChI is InChI=1S/C22H24N4O3S/c27-22(24-17-11-13-26(14-12-17)18-9-10-18)15-5-7-16(8-6-15)23-21-19-3-1-2-4-20(19)30(28,29)25-21/h1-8,17-18H,9-14H2,(H,23,25)(H,24,27). The molecule has 1 aliphatic carbocycles. The van der Waals surface area contributed by atoms with Crippen LogP contribution in [-0.2, 0) is 10.0 Å². The van der Waals surface area contributed by atoms with Crippen molar-refractivity contribution in [3.8, 4) is 0 Å². The van der Waals surface area contributed by atoms with Gasteiger partial charge in [0.1, 0.15) is 4.90 Å². The molecule has 0 bridgehead atoms. The SMILES string of the molecule is O=C(NC1CCN(C2CC2)CC1)c1ccc(NC2=NS(=O)(=O)c3ccccc32)cc1. The summed E-state index contributed by atoms with van der Waals surface area (Å²) in [6.07, 6.45) is 4.63. The van der Waals surface area contributed by atoms with E-state index in [1.807, 2.05) is 0 Å². The van der Waals surface area contributed by atoms with Gasteiger partial charge in [0.2, 0.25) is 0 Å². The molecule has 2 fully saturated rings. The van der Waals surface area contributed by atoms with Crippen molar-refractivity contribution in [2.24, 2.45) is 4.40 Å². The fourth-order valence-electron chi connectivity index (χ4n) is 4.15. The van der Waals surface area contributed by atoms with Crippen molar-refractivity contribution in [1.29, 1.82) is 0 Å². The minimum absolute atomic E-state index is 0.0717. The van der Waals surface area contributed by atoms with Gasteiger partial charge in [-0.1, -0.05) is 12.1 Å². The molecule has 5 rings (SSSR count). The number of likely N-dealkylation sites (tertiary alicyclic amines) is 1. The first-order valence-corrected chi connectivity index (χ1v) is 11.8. The van der Waals surface area contributed by atoms with Crippen molar-refractivity contribution in [3.05, 3.63) is 59.7 Å². The Morgan fingerprint density at radius 1 is 0.967 bits per heavy atom. The Kier molecular flexibility index (Phi) is 4.83. The van der Waals surface area contributed by atoms with Crippen molar-refractivity contribution in [3.63, 3.8) is 0 Å². The summed E-state index contributed by atoms with van der Waals surface area (Å²) in [4.78, 5) is 15.3. The lowest BCUT2D eigenvalue weighted by Gasteiger charge is -2.32. The second-order valence-corrected chi connectivity index (χ2v) is 9.70. The molecule has 0 spiro atoms.